The van der Waals surface area contributed by atoms with Crippen LogP contribution in [0.25, 0.3) is 22.5 Å². The summed E-state index contributed by atoms with van der Waals surface area (Å²) < 4.78 is 0. The first-order valence-corrected chi connectivity index (χ1v) is 12.2. The van der Waals surface area contributed by atoms with Gasteiger partial charge in [-0.2, -0.15) is 0 Å². The Kier molecular flexibility index (Phi) is 7.38. The molecule has 0 radical (unpaired) electrons. The van der Waals surface area contributed by atoms with Crippen molar-refractivity contribution in [3.05, 3.63) is 89.5 Å². The van der Waals surface area contributed by atoms with Gasteiger partial charge >= 0.3 is 0 Å². The number of carbonyl (C=O) groups is 1. The number of anilines is 1. The minimum atomic E-state index is -0.335. The molecular weight excluding hydrogens is 440 g/mol. The molecule has 0 bridgehead atoms. The lowest BCUT2D eigenvalue weighted by molar-refractivity contribution is -0.115. The van der Waals surface area contributed by atoms with Gasteiger partial charge in [-0.1, -0.05) is 90.5 Å². The smallest absolute Gasteiger partial charge is 0.237 e. The predicted molar refractivity (Wildman–Crippen MR) is 140 cm³/mol. The highest BCUT2D eigenvalue weighted by Crippen LogP contribution is 2.32. The van der Waals surface area contributed by atoms with Gasteiger partial charge in [0.1, 0.15) is 11.4 Å². The number of rotatable bonds is 7. The number of nitrogens with zero attached hydrogens (tertiary/aromatic N) is 3. The van der Waals surface area contributed by atoms with Crippen molar-refractivity contribution in [3.63, 3.8) is 0 Å². The fourth-order valence-electron chi connectivity index (χ4n) is 3.57. The van der Waals surface area contributed by atoms with Crippen LogP contribution in [0.5, 0.6) is 0 Å². The highest BCUT2D eigenvalue weighted by Gasteiger charge is 2.22. The van der Waals surface area contributed by atoms with Crippen LogP contribution in [-0.4, -0.2) is 26.3 Å². The first-order chi connectivity index (χ1) is 16.4. The van der Waals surface area contributed by atoms with Crippen molar-refractivity contribution < 1.29 is 4.79 Å². The first kappa shape index (κ1) is 23.6. The molecule has 4 aromatic rings. The van der Waals surface area contributed by atoms with Crippen molar-refractivity contribution >= 4 is 23.4 Å². The maximum Gasteiger partial charge on any atom is 0.237 e. The van der Waals surface area contributed by atoms with Crippen molar-refractivity contribution in [2.45, 2.75) is 44.5 Å². The van der Waals surface area contributed by atoms with E-state index < -0.39 is 0 Å². The average Bonchev–Trinajstić information content (AvgIpc) is 2.83. The Labute approximate surface area is 205 Å². The minimum Gasteiger partial charge on any atom is -0.325 e. The molecule has 0 saturated carbocycles. The van der Waals surface area contributed by atoms with Crippen LogP contribution in [0.2, 0.25) is 0 Å². The summed E-state index contributed by atoms with van der Waals surface area (Å²) in [4.78, 5) is 17.8. The number of nitrogens with one attached hydrogen (secondary N) is 1. The molecule has 0 aliphatic rings. The molecule has 1 atom stereocenters. The van der Waals surface area contributed by atoms with E-state index in [9.17, 15) is 4.79 Å². The fourth-order valence-corrected chi connectivity index (χ4v) is 4.39. The fraction of sp³-hybridized carbons (Fsp3) is 0.214. The number of aryl methyl sites for hydroxylation is 3. The summed E-state index contributed by atoms with van der Waals surface area (Å²) in [7, 11) is 0. The quantitative estimate of drug-likeness (QED) is 0.308. The van der Waals surface area contributed by atoms with Gasteiger partial charge in [-0.15, -0.1) is 10.2 Å². The van der Waals surface area contributed by atoms with Crippen LogP contribution < -0.4 is 5.32 Å². The molecular formula is C28H28N4OS. The molecule has 1 N–H and O–H groups in total. The lowest BCUT2D eigenvalue weighted by Crippen LogP contribution is -2.25. The molecule has 5 nitrogen and oxygen atoms in total. The molecule has 172 valence electrons. The van der Waals surface area contributed by atoms with E-state index in [4.69, 9.17) is 4.98 Å². The number of amides is 1. The van der Waals surface area contributed by atoms with E-state index in [1.807, 2.05) is 62.4 Å². The molecule has 1 unspecified atom stereocenters. The molecule has 0 spiro atoms. The number of aromatic nitrogens is 3. The van der Waals surface area contributed by atoms with Crippen LogP contribution in [-0.2, 0) is 4.79 Å². The third kappa shape index (κ3) is 5.69. The van der Waals surface area contributed by atoms with Gasteiger partial charge in [0.05, 0.1) is 5.25 Å². The summed E-state index contributed by atoms with van der Waals surface area (Å²) in [6.45, 7) is 8.11. The minimum absolute atomic E-state index is 0.0683. The number of carbonyl (C=O) groups excluding carboxylic acids is 1. The molecule has 34 heavy (non-hydrogen) atoms. The molecule has 0 fully saturated rings. The van der Waals surface area contributed by atoms with Crippen molar-refractivity contribution in [2.24, 2.45) is 0 Å². The number of hydrogen-bond acceptors (Lipinski definition) is 5. The summed E-state index contributed by atoms with van der Waals surface area (Å²) in [6.07, 6.45) is 0.644. The van der Waals surface area contributed by atoms with Gasteiger partial charge in [-0.05, 0) is 44.9 Å². The summed E-state index contributed by atoms with van der Waals surface area (Å²) in [5, 5.41) is 12.1. The summed E-state index contributed by atoms with van der Waals surface area (Å²) in [5.41, 5.74) is 7.66. The third-order valence-corrected chi connectivity index (χ3v) is 6.73. The van der Waals surface area contributed by atoms with E-state index >= 15 is 0 Å². The Morgan fingerprint density at radius 1 is 0.824 bits per heavy atom. The Hall–Kier alpha value is -3.51. The van der Waals surface area contributed by atoms with Crippen molar-refractivity contribution in [1.29, 1.82) is 0 Å². The van der Waals surface area contributed by atoms with Gasteiger partial charge in [-0.25, -0.2) is 4.98 Å². The van der Waals surface area contributed by atoms with Crippen LogP contribution in [0.15, 0.2) is 78.0 Å². The highest BCUT2D eigenvalue weighted by molar-refractivity contribution is 8.00. The van der Waals surface area contributed by atoms with E-state index in [0.29, 0.717) is 11.6 Å². The van der Waals surface area contributed by atoms with Gasteiger partial charge in [0.2, 0.25) is 11.1 Å². The van der Waals surface area contributed by atoms with Crippen LogP contribution in [0.3, 0.4) is 0 Å². The van der Waals surface area contributed by atoms with E-state index in [-0.39, 0.29) is 11.2 Å². The molecule has 1 aromatic heterocycles. The monoisotopic (exact) mass is 468 g/mol. The normalized spacial score (nSPS) is 11.8. The summed E-state index contributed by atoms with van der Waals surface area (Å²) >= 11 is 1.34. The van der Waals surface area contributed by atoms with Crippen molar-refractivity contribution in [2.75, 3.05) is 5.32 Å². The average molecular weight is 469 g/mol. The van der Waals surface area contributed by atoms with Crippen LogP contribution >= 0.6 is 11.8 Å². The Morgan fingerprint density at radius 2 is 1.44 bits per heavy atom. The van der Waals surface area contributed by atoms with E-state index in [1.165, 1.54) is 22.9 Å². The lowest BCUT2D eigenvalue weighted by atomic mass is 10.0. The zero-order valence-electron chi connectivity index (χ0n) is 19.9. The second-order valence-electron chi connectivity index (χ2n) is 8.40. The van der Waals surface area contributed by atoms with Crippen LogP contribution in [0, 0.1) is 20.8 Å². The first-order valence-electron chi connectivity index (χ1n) is 11.4. The second-order valence-corrected chi connectivity index (χ2v) is 9.57. The largest absolute Gasteiger partial charge is 0.325 e. The zero-order valence-corrected chi connectivity index (χ0v) is 20.7. The Morgan fingerprint density at radius 3 is 2.03 bits per heavy atom. The molecule has 6 heteroatoms. The topological polar surface area (TPSA) is 67.8 Å². The second kappa shape index (κ2) is 10.6. The van der Waals surface area contributed by atoms with Gasteiger partial charge in [0, 0.05) is 16.8 Å². The number of thioether (sulfide) groups is 1. The zero-order chi connectivity index (χ0) is 24.1. The van der Waals surface area contributed by atoms with E-state index in [2.05, 4.69) is 53.6 Å². The van der Waals surface area contributed by atoms with Crippen molar-refractivity contribution in [3.8, 4) is 22.5 Å². The lowest BCUT2D eigenvalue weighted by Gasteiger charge is -2.15. The van der Waals surface area contributed by atoms with Gasteiger partial charge in [-0.3, -0.25) is 4.79 Å². The Bertz CT molecular complexity index is 1290. The van der Waals surface area contributed by atoms with E-state index in [0.717, 1.165) is 33.8 Å². The molecule has 0 saturated heterocycles. The van der Waals surface area contributed by atoms with Crippen LogP contribution in [0.1, 0.15) is 30.0 Å². The maximum atomic E-state index is 13.0. The predicted octanol–water partition coefficient (Wildman–Crippen LogP) is 6.64. The Balaban J connectivity index is 1.65. The highest BCUT2D eigenvalue weighted by atomic mass is 32.2. The number of benzene rings is 3. The summed E-state index contributed by atoms with van der Waals surface area (Å²) in [6, 6.07) is 24.2. The van der Waals surface area contributed by atoms with Crippen LogP contribution in [0.4, 0.5) is 5.69 Å². The van der Waals surface area contributed by atoms with Crippen molar-refractivity contribution in [1.82, 2.24) is 15.2 Å². The molecule has 0 aliphatic carbocycles. The standard InChI is InChI=1S/C28H28N4OS/c1-5-24(27(33)29-23-8-6-7-20(4)17-23)34-28-30-25(21-13-9-18(2)10-14-21)26(31-32-28)22-15-11-19(3)12-16-22/h6-17,24H,5H2,1-4H3,(H,29,33). The maximum absolute atomic E-state index is 13.0. The summed E-state index contributed by atoms with van der Waals surface area (Å²) in [5.74, 6) is -0.0683. The molecule has 4 rings (SSSR count). The molecule has 3 aromatic carbocycles. The van der Waals surface area contributed by atoms with Gasteiger partial charge in [0.15, 0.2) is 0 Å². The van der Waals surface area contributed by atoms with E-state index in [1.54, 1.807) is 0 Å². The number of hydrogen-bond donors (Lipinski definition) is 1. The third-order valence-electron chi connectivity index (χ3n) is 5.51. The van der Waals surface area contributed by atoms with Gasteiger partial charge < -0.3 is 5.32 Å². The molecule has 1 heterocycles. The molecule has 1 amide bonds. The SMILES string of the molecule is CCC(Sc1nnc(-c2ccc(C)cc2)c(-c2ccc(C)cc2)n1)C(=O)Nc1cccc(C)c1. The molecule has 0 aliphatic heterocycles. The van der Waals surface area contributed by atoms with Gasteiger partial charge in [0.25, 0.3) is 0 Å².